The van der Waals surface area contributed by atoms with Crippen molar-refractivity contribution in [2.75, 3.05) is 11.9 Å². The Labute approximate surface area is 150 Å². The molecule has 0 unspecified atom stereocenters. The van der Waals surface area contributed by atoms with Gasteiger partial charge in [-0.1, -0.05) is 35.0 Å². The van der Waals surface area contributed by atoms with Gasteiger partial charge in [0, 0.05) is 17.3 Å². The summed E-state index contributed by atoms with van der Waals surface area (Å²) in [7, 11) is 0. The van der Waals surface area contributed by atoms with Gasteiger partial charge < -0.3 is 14.6 Å². The fraction of sp³-hybridized carbons (Fsp3) is 0.150. The first-order chi connectivity index (χ1) is 12.6. The van der Waals surface area contributed by atoms with Gasteiger partial charge in [0.1, 0.15) is 5.69 Å². The van der Waals surface area contributed by atoms with Crippen molar-refractivity contribution in [1.82, 2.24) is 5.16 Å². The number of carbonyl (C=O) groups excluding carboxylic acids is 2. The van der Waals surface area contributed by atoms with Crippen LogP contribution in [0, 0.1) is 6.92 Å². The Morgan fingerprint density at radius 3 is 2.42 bits per heavy atom. The highest BCUT2D eigenvalue weighted by atomic mass is 16.5. The molecule has 1 aromatic heterocycles. The molecule has 2 aromatic carbocycles. The maximum atomic E-state index is 12.3. The third-order valence-corrected chi connectivity index (χ3v) is 3.74. The van der Waals surface area contributed by atoms with E-state index in [0.717, 1.165) is 11.1 Å². The summed E-state index contributed by atoms with van der Waals surface area (Å²) in [5.41, 5.74) is 3.56. The van der Waals surface area contributed by atoms with E-state index >= 15 is 0 Å². The Hall–Kier alpha value is -3.41. The number of amides is 1. The molecule has 0 aliphatic carbocycles. The van der Waals surface area contributed by atoms with Gasteiger partial charge in [-0.15, -0.1) is 0 Å². The Morgan fingerprint density at radius 2 is 1.77 bits per heavy atom. The smallest absolute Gasteiger partial charge is 0.338 e. The molecule has 1 N–H and O–H groups in total. The zero-order valence-corrected chi connectivity index (χ0v) is 14.5. The number of hydrogen-bond donors (Lipinski definition) is 1. The average Bonchev–Trinajstić information content (AvgIpc) is 3.13. The van der Waals surface area contributed by atoms with Crippen LogP contribution < -0.4 is 5.32 Å². The van der Waals surface area contributed by atoms with Gasteiger partial charge in [-0.2, -0.15) is 0 Å². The maximum absolute atomic E-state index is 12.3. The zero-order valence-electron chi connectivity index (χ0n) is 14.5. The molecule has 0 saturated heterocycles. The normalized spacial score (nSPS) is 10.4. The summed E-state index contributed by atoms with van der Waals surface area (Å²) < 4.78 is 10.1. The number of hydrogen-bond acceptors (Lipinski definition) is 5. The number of benzene rings is 2. The molecule has 3 rings (SSSR count). The van der Waals surface area contributed by atoms with Gasteiger partial charge in [0.2, 0.25) is 5.76 Å². The Kier molecular flexibility index (Phi) is 5.12. The first-order valence-electron chi connectivity index (χ1n) is 8.19. The van der Waals surface area contributed by atoms with Crippen LogP contribution in [-0.2, 0) is 4.74 Å². The van der Waals surface area contributed by atoms with Gasteiger partial charge in [-0.3, -0.25) is 4.79 Å². The predicted molar refractivity (Wildman–Crippen MR) is 97.0 cm³/mol. The van der Waals surface area contributed by atoms with E-state index in [1.165, 1.54) is 0 Å². The Morgan fingerprint density at radius 1 is 1.08 bits per heavy atom. The van der Waals surface area contributed by atoms with Gasteiger partial charge in [0.25, 0.3) is 5.91 Å². The van der Waals surface area contributed by atoms with Gasteiger partial charge in [-0.25, -0.2) is 4.79 Å². The molecule has 0 aliphatic heterocycles. The van der Waals surface area contributed by atoms with Crippen molar-refractivity contribution in [3.8, 4) is 11.3 Å². The highest BCUT2D eigenvalue weighted by molar-refractivity contribution is 6.03. The summed E-state index contributed by atoms with van der Waals surface area (Å²) in [5.74, 6) is -0.710. The second-order valence-corrected chi connectivity index (χ2v) is 5.69. The van der Waals surface area contributed by atoms with Crippen LogP contribution >= 0.6 is 0 Å². The van der Waals surface area contributed by atoms with Crippen LogP contribution in [-0.4, -0.2) is 23.6 Å². The highest BCUT2D eigenvalue weighted by Crippen LogP contribution is 2.20. The Balaban J connectivity index is 1.68. The Bertz CT molecular complexity index is 912. The second kappa shape index (κ2) is 7.65. The molecule has 0 bridgehead atoms. The van der Waals surface area contributed by atoms with Crippen LogP contribution in [0.15, 0.2) is 59.1 Å². The predicted octanol–water partition coefficient (Wildman–Crippen LogP) is 4.08. The summed E-state index contributed by atoms with van der Waals surface area (Å²) in [5, 5.41) is 6.65. The molecule has 132 valence electrons. The van der Waals surface area contributed by atoms with Crippen molar-refractivity contribution in [3.05, 3.63) is 71.5 Å². The van der Waals surface area contributed by atoms with Gasteiger partial charge in [0.05, 0.1) is 12.2 Å². The largest absolute Gasteiger partial charge is 0.462 e. The summed E-state index contributed by atoms with van der Waals surface area (Å²) in [4.78, 5) is 23.9. The first kappa shape index (κ1) is 17.4. The minimum Gasteiger partial charge on any atom is -0.462 e. The summed E-state index contributed by atoms with van der Waals surface area (Å²) >= 11 is 0. The molecular formula is C20H18N2O4. The number of rotatable bonds is 5. The number of nitrogens with zero attached hydrogens (tertiary/aromatic N) is 1. The van der Waals surface area contributed by atoms with Gasteiger partial charge in [0.15, 0.2) is 0 Å². The van der Waals surface area contributed by atoms with Crippen molar-refractivity contribution in [1.29, 1.82) is 0 Å². The SMILES string of the molecule is CCOC(=O)c1ccc(NC(=O)c2cc(-c3ccc(C)cc3)no2)cc1. The lowest BCUT2D eigenvalue weighted by atomic mass is 10.1. The lowest BCUT2D eigenvalue weighted by Gasteiger charge is -2.04. The monoisotopic (exact) mass is 350 g/mol. The van der Waals surface area contributed by atoms with Gasteiger partial charge >= 0.3 is 5.97 Å². The highest BCUT2D eigenvalue weighted by Gasteiger charge is 2.15. The van der Waals surface area contributed by atoms with Crippen LogP contribution in [0.1, 0.15) is 33.4 Å². The number of nitrogens with one attached hydrogen (secondary N) is 1. The maximum Gasteiger partial charge on any atom is 0.338 e. The standard InChI is InChI=1S/C20H18N2O4/c1-3-25-20(24)15-8-10-16(11-9-15)21-19(23)18-12-17(22-26-18)14-6-4-13(2)5-7-14/h4-12H,3H2,1-2H3,(H,21,23). The average molecular weight is 350 g/mol. The van der Waals surface area contributed by atoms with E-state index in [1.807, 2.05) is 31.2 Å². The van der Waals surface area contributed by atoms with Crippen molar-refractivity contribution in [2.45, 2.75) is 13.8 Å². The van der Waals surface area contributed by atoms with E-state index in [-0.39, 0.29) is 5.76 Å². The van der Waals surface area contributed by atoms with E-state index in [0.29, 0.717) is 23.6 Å². The van der Waals surface area contributed by atoms with E-state index in [9.17, 15) is 9.59 Å². The summed E-state index contributed by atoms with van der Waals surface area (Å²) in [6.07, 6.45) is 0. The van der Waals surface area contributed by atoms with Crippen molar-refractivity contribution in [3.63, 3.8) is 0 Å². The molecule has 6 heteroatoms. The molecular weight excluding hydrogens is 332 g/mol. The molecule has 3 aromatic rings. The quantitative estimate of drug-likeness (QED) is 0.701. The number of esters is 1. The zero-order chi connectivity index (χ0) is 18.5. The third kappa shape index (κ3) is 3.97. The number of aromatic nitrogens is 1. The first-order valence-corrected chi connectivity index (χ1v) is 8.19. The van der Waals surface area contributed by atoms with E-state index in [4.69, 9.17) is 9.26 Å². The van der Waals surface area contributed by atoms with E-state index < -0.39 is 11.9 Å². The molecule has 0 radical (unpaired) electrons. The fourth-order valence-corrected chi connectivity index (χ4v) is 2.34. The molecule has 1 heterocycles. The van der Waals surface area contributed by atoms with Crippen LogP contribution in [0.4, 0.5) is 5.69 Å². The number of carbonyl (C=O) groups is 2. The fourth-order valence-electron chi connectivity index (χ4n) is 2.34. The lowest BCUT2D eigenvalue weighted by Crippen LogP contribution is -2.11. The minimum absolute atomic E-state index is 0.107. The summed E-state index contributed by atoms with van der Waals surface area (Å²) in [6, 6.07) is 15.8. The topological polar surface area (TPSA) is 81.4 Å². The van der Waals surface area contributed by atoms with Crippen molar-refractivity contribution in [2.24, 2.45) is 0 Å². The second-order valence-electron chi connectivity index (χ2n) is 5.69. The molecule has 0 spiro atoms. The molecule has 0 aliphatic rings. The van der Waals surface area contributed by atoms with Crippen LogP contribution in [0.25, 0.3) is 11.3 Å². The van der Waals surface area contributed by atoms with E-state index in [1.54, 1.807) is 37.3 Å². The van der Waals surface area contributed by atoms with Crippen LogP contribution in [0.2, 0.25) is 0 Å². The van der Waals surface area contributed by atoms with E-state index in [2.05, 4.69) is 10.5 Å². The van der Waals surface area contributed by atoms with Crippen LogP contribution in [0.5, 0.6) is 0 Å². The van der Waals surface area contributed by atoms with Crippen molar-refractivity contribution < 1.29 is 18.8 Å². The van der Waals surface area contributed by atoms with Crippen LogP contribution in [0.3, 0.4) is 0 Å². The number of aryl methyl sites for hydroxylation is 1. The lowest BCUT2D eigenvalue weighted by molar-refractivity contribution is 0.0526. The molecule has 0 saturated carbocycles. The third-order valence-electron chi connectivity index (χ3n) is 3.74. The molecule has 0 atom stereocenters. The molecule has 1 amide bonds. The van der Waals surface area contributed by atoms with Crippen molar-refractivity contribution >= 4 is 17.6 Å². The number of ether oxygens (including phenoxy) is 1. The molecule has 0 fully saturated rings. The van der Waals surface area contributed by atoms with Gasteiger partial charge in [-0.05, 0) is 38.1 Å². The number of anilines is 1. The molecule has 26 heavy (non-hydrogen) atoms. The minimum atomic E-state index is -0.417. The summed E-state index contributed by atoms with van der Waals surface area (Å²) in [6.45, 7) is 4.06. The molecule has 6 nitrogen and oxygen atoms in total.